The Bertz CT molecular complexity index is 479. The van der Waals surface area contributed by atoms with Gasteiger partial charge in [-0.15, -0.1) is 0 Å². The Morgan fingerprint density at radius 3 is 2.67 bits per heavy atom. The van der Waals surface area contributed by atoms with E-state index < -0.39 is 0 Å². The van der Waals surface area contributed by atoms with Gasteiger partial charge in [0, 0.05) is 16.6 Å². The first kappa shape index (κ1) is 9.96. The Morgan fingerprint density at radius 2 is 2.00 bits per heavy atom. The van der Waals surface area contributed by atoms with Crippen LogP contribution in [0.15, 0.2) is 12.1 Å². The molecular formula is C11H16N4. The average Bonchev–Trinajstić information content (AvgIpc) is 2.45. The Kier molecular flexibility index (Phi) is 2.14. The summed E-state index contributed by atoms with van der Waals surface area (Å²) in [6.45, 7) is 8.31. The van der Waals surface area contributed by atoms with Crippen molar-refractivity contribution in [1.82, 2.24) is 15.2 Å². The zero-order valence-corrected chi connectivity index (χ0v) is 9.55. The summed E-state index contributed by atoms with van der Waals surface area (Å²) >= 11 is 0. The molecule has 2 N–H and O–H groups in total. The first-order chi connectivity index (χ1) is 6.96. The van der Waals surface area contributed by atoms with Gasteiger partial charge in [0.05, 0.1) is 0 Å². The van der Waals surface area contributed by atoms with Crippen molar-refractivity contribution in [3.63, 3.8) is 0 Å². The SMILES string of the molecule is Cc1[nH]nc2nc(NC(C)(C)C)ccc12. The molecule has 2 heterocycles. The van der Waals surface area contributed by atoms with Gasteiger partial charge in [-0.1, -0.05) is 0 Å². The van der Waals surface area contributed by atoms with Crippen LogP contribution in [0.4, 0.5) is 5.82 Å². The summed E-state index contributed by atoms with van der Waals surface area (Å²) in [6.07, 6.45) is 0. The van der Waals surface area contributed by atoms with Crippen LogP contribution >= 0.6 is 0 Å². The highest BCUT2D eigenvalue weighted by molar-refractivity contribution is 5.79. The molecule has 0 aliphatic rings. The van der Waals surface area contributed by atoms with Crippen molar-refractivity contribution in [2.24, 2.45) is 0 Å². The van der Waals surface area contributed by atoms with Crippen LogP contribution in [0.1, 0.15) is 26.5 Å². The molecule has 15 heavy (non-hydrogen) atoms. The zero-order valence-electron chi connectivity index (χ0n) is 9.55. The maximum absolute atomic E-state index is 4.43. The van der Waals surface area contributed by atoms with E-state index in [4.69, 9.17) is 0 Å². The van der Waals surface area contributed by atoms with E-state index in [9.17, 15) is 0 Å². The minimum absolute atomic E-state index is 0.0199. The minimum atomic E-state index is 0.0199. The number of aromatic amines is 1. The van der Waals surface area contributed by atoms with Crippen LogP contribution in [0.25, 0.3) is 11.0 Å². The molecule has 2 aromatic rings. The number of hydrogen-bond donors (Lipinski definition) is 2. The second-order valence-corrected chi connectivity index (χ2v) is 4.79. The predicted molar refractivity (Wildman–Crippen MR) is 62.0 cm³/mol. The molecule has 0 saturated heterocycles. The summed E-state index contributed by atoms with van der Waals surface area (Å²) in [5.41, 5.74) is 1.84. The second-order valence-electron chi connectivity index (χ2n) is 4.79. The fraction of sp³-hybridized carbons (Fsp3) is 0.455. The molecule has 4 nitrogen and oxygen atoms in total. The fourth-order valence-corrected chi connectivity index (χ4v) is 1.48. The van der Waals surface area contributed by atoms with Crippen molar-refractivity contribution in [3.8, 4) is 0 Å². The van der Waals surface area contributed by atoms with Crippen LogP contribution in [0, 0.1) is 6.92 Å². The molecular weight excluding hydrogens is 188 g/mol. The summed E-state index contributed by atoms with van der Waals surface area (Å²) in [5.74, 6) is 0.862. The lowest BCUT2D eigenvalue weighted by molar-refractivity contribution is 0.631. The molecule has 4 heteroatoms. The van der Waals surface area contributed by atoms with Crippen LogP contribution in [-0.2, 0) is 0 Å². The molecule has 0 amide bonds. The largest absolute Gasteiger partial charge is 0.365 e. The number of rotatable bonds is 1. The maximum Gasteiger partial charge on any atom is 0.183 e. The molecule has 0 bridgehead atoms. The van der Waals surface area contributed by atoms with Gasteiger partial charge in [-0.05, 0) is 39.8 Å². The number of anilines is 1. The monoisotopic (exact) mass is 204 g/mol. The maximum atomic E-state index is 4.43. The highest BCUT2D eigenvalue weighted by atomic mass is 15.2. The van der Waals surface area contributed by atoms with Gasteiger partial charge in [0.25, 0.3) is 0 Å². The standard InChI is InChI=1S/C11H16N4/c1-7-8-5-6-9(13-11(2,3)4)12-10(8)15-14-7/h5-6H,1-4H3,(H2,12,13,14,15). The summed E-state index contributed by atoms with van der Waals surface area (Å²) in [4.78, 5) is 4.43. The minimum Gasteiger partial charge on any atom is -0.365 e. The van der Waals surface area contributed by atoms with Crippen molar-refractivity contribution in [2.45, 2.75) is 33.2 Å². The lowest BCUT2D eigenvalue weighted by Gasteiger charge is -2.20. The lowest BCUT2D eigenvalue weighted by Crippen LogP contribution is -2.26. The number of pyridine rings is 1. The Morgan fingerprint density at radius 1 is 1.27 bits per heavy atom. The van der Waals surface area contributed by atoms with Gasteiger partial charge in [0.1, 0.15) is 5.82 Å². The van der Waals surface area contributed by atoms with E-state index in [-0.39, 0.29) is 5.54 Å². The Balaban J connectivity index is 2.39. The van der Waals surface area contributed by atoms with Gasteiger partial charge >= 0.3 is 0 Å². The third kappa shape index (κ3) is 2.09. The average molecular weight is 204 g/mol. The van der Waals surface area contributed by atoms with E-state index in [1.807, 2.05) is 19.1 Å². The number of aryl methyl sites for hydroxylation is 1. The molecule has 0 atom stereocenters. The Hall–Kier alpha value is -1.58. The number of nitrogens with zero attached hydrogens (tertiary/aromatic N) is 2. The van der Waals surface area contributed by atoms with E-state index >= 15 is 0 Å². The van der Waals surface area contributed by atoms with E-state index in [0.717, 1.165) is 22.5 Å². The van der Waals surface area contributed by atoms with Crippen LogP contribution in [0.5, 0.6) is 0 Å². The molecule has 0 aliphatic carbocycles. The van der Waals surface area contributed by atoms with E-state index in [2.05, 4.69) is 41.3 Å². The second kappa shape index (κ2) is 3.22. The van der Waals surface area contributed by atoms with Crippen molar-refractivity contribution in [1.29, 1.82) is 0 Å². The molecule has 0 spiro atoms. The molecule has 0 aliphatic heterocycles. The molecule has 80 valence electrons. The number of fused-ring (bicyclic) bond motifs is 1. The van der Waals surface area contributed by atoms with Crippen molar-refractivity contribution in [2.75, 3.05) is 5.32 Å². The van der Waals surface area contributed by atoms with Crippen LogP contribution < -0.4 is 5.32 Å². The number of nitrogens with one attached hydrogen (secondary N) is 2. The summed E-state index contributed by atoms with van der Waals surface area (Å²) in [6, 6.07) is 4.02. The van der Waals surface area contributed by atoms with Crippen LogP contribution in [-0.4, -0.2) is 20.7 Å². The van der Waals surface area contributed by atoms with Gasteiger partial charge in [0.2, 0.25) is 0 Å². The third-order valence-corrected chi connectivity index (χ3v) is 2.11. The van der Waals surface area contributed by atoms with Gasteiger partial charge in [-0.25, -0.2) is 4.98 Å². The Labute approximate surface area is 89.1 Å². The van der Waals surface area contributed by atoms with Gasteiger partial charge in [0.15, 0.2) is 5.65 Å². The van der Waals surface area contributed by atoms with Crippen LogP contribution in [0.2, 0.25) is 0 Å². The molecule has 0 radical (unpaired) electrons. The van der Waals surface area contributed by atoms with Gasteiger partial charge < -0.3 is 5.32 Å². The summed E-state index contributed by atoms with van der Waals surface area (Å²) < 4.78 is 0. The molecule has 2 aromatic heterocycles. The first-order valence-corrected chi connectivity index (χ1v) is 5.06. The van der Waals surface area contributed by atoms with Crippen LogP contribution in [0.3, 0.4) is 0 Å². The van der Waals surface area contributed by atoms with Crippen molar-refractivity contribution >= 4 is 16.9 Å². The van der Waals surface area contributed by atoms with E-state index in [1.54, 1.807) is 0 Å². The quantitative estimate of drug-likeness (QED) is 0.750. The fourth-order valence-electron chi connectivity index (χ4n) is 1.48. The van der Waals surface area contributed by atoms with E-state index in [0.29, 0.717) is 0 Å². The summed E-state index contributed by atoms with van der Waals surface area (Å²) in [5, 5.41) is 11.5. The summed E-state index contributed by atoms with van der Waals surface area (Å²) in [7, 11) is 0. The zero-order chi connectivity index (χ0) is 11.1. The molecule has 0 fully saturated rings. The highest BCUT2D eigenvalue weighted by Crippen LogP contribution is 2.18. The first-order valence-electron chi connectivity index (χ1n) is 5.06. The smallest absolute Gasteiger partial charge is 0.183 e. The molecule has 2 rings (SSSR count). The number of H-pyrrole nitrogens is 1. The third-order valence-electron chi connectivity index (χ3n) is 2.11. The van der Waals surface area contributed by atoms with Gasteiger partial charge in [-0.2, -0.15) is 5.10 Å². The predicted octanol–water partition coefficient (Wildman–Crippen LogP) is 2.48. The van der Waals surface area contributed by atoms with Gasteiger partial charge in [-0.3, -0.25) is 5.10 Å². The molecule has 0 saturated carbocycles. The normalized spacial score (nSPS) is 12.0. The highest BCUT2D eigenvalue weighted by Gasteiger charge is 2.11. The van der Waals surface area contributed by atoms with Crippen molar-refractivity contribution in [3.05, 3.63) is 17.8 Å². The molecule has 0 aromatic carbocycles. The lowest BCUT2D eigenvalue weighted by atomic mass is 10.1. The topological polar surface area (TPSA) is 53.6 Å². The number of hydrogen-bond acceptors (Lipinski definition) is 3. The van der Waals surface area contributed by atoms with E-state index in [1.165, 1.54) is 0 Å². The van der Waals surface area contributed by atoms with Crippen molar-refractivity contribution < 1.29 is 0 Å². The molecule has 0 unspecified atom stereocenters. The number of aromatic nitrogens is 3.